The summed E-state index contributed by atoms with van der Waals surface area (Å²) in [4.78, 5) is 46.2. The zero-order valence-corrected chi connectivity index (χ0v) is 11.4. The number of para-hydroxylation sites is 1. The number of hydrogen-bond acceptors (Lipinski definition) is 6. The molecule has 0 saturated heterocycles. The zero-order chi connectivity index (χ0) is 16.4. The number of carboxylic acids is 1. The summed E-state index contributed by atoms with van der Waals surface area (Å²) in [6, 6.07) is 2.79. The van der Waals surface area contributed by atoms with Crippen LogP contribution in [-0.4, -0.2) is 32.7 Å². The molecule has 3 N–H and O–H groups in total. The van der Waals surface area contributed by atoms with Crippen LogP contribution in [0.5, 0.6) is 5.75 Å². The number of carboxylic acid groups (broad SMARTS) is 1. The lowest BCUT2D eigenvalue weighted by molar-refractivity contribution is -0.141. The Morgan fingerprint density at radius 1 is 1.36 bits per heavy atom. The summed E-state index contributed by atoms with van der Waals surface area (Å²) >= 11 is 0. The molecule has 0 aliphatic carbocycles. The van der Waals surface area contributed by atoms with Gasteiger partial charge in [-0.05, 0) is 19.1 Å². The Bertz CT molecular complexity index is 865. The number of amides is 1. The maximum Gasteiger partial charge on any atom is 0.422 e. The number of nitrogens with one attached hydrogen (secondary N) is 1. The van der Waals surface area contributed by atoms with Gasteiger partial charge in [-0.2, -0.15) is 0 Å². The highest BCUT2D eigenvalue weighted by Crippen LogP contribution is 2.19. The Balaban J connectivity index is 2.41. The van der Waals surface area contributed by atoms with Crippen LogP contribution in [-0.2, 0) is 16.1 Å². The van der Waals surface area contributed by atoms with Gasteiger partial charge in [-0.1, -0.05) is 6.07 Å². The molecule has 1 aromatic heterocycles. The number of benzene rings is 1. The fourth-order valence-corrected chi connectivity index (χ4v) is 1.80. The van der Waals surface area contributed by atoms with Crippen LogP contribution < -0.4 is 16.6 Å². The second-order valence-corrected chi connectivity index (χ2v) is 4.54. The third-order valence-corrected chi connectivity index (χ3v) is 2.93. The summed E-state index contributed by atoms with van der Waals surface area (Å²) in [6.07, 6.45) is 0. The number of aromatic hydroxyl groups is 1. The predicted molar refractivity (Wildman–Crippen MR) is 73.6 cm³/mol. The molecule has 1 atom stereocenters. The number of aliphatic carboxylic acids is 1. The summed E-state index contributed by atoms with van der Waals surface area (Å²) in [7, 11) is 0. The summed E-state index contributed by atoms with van der Waals surface area (Å²) in [5.74, 6) is -3.58. The van der Waals surface area contributed by atoms with E-state index in [-0.39, 0.29) is 16.7 Å². The predicted octanol–water partition coefficient (Wildman–Crippen LogP) is -0.750. The van der Waals surface area contributed by atoms with Gasteiger partial charge in [0.25, 0.3) is 5.56 Å². The zero-order valence-electron chi connectivity index (χ0n) is 11.4. The Kier molecular flexibility index (Phi) is 3.97. The first kappa shape index (κ1) is 15.3. The van der Waals surface area contributed by atoms with Crippen molar-refractivity contribution >= 4 is 22.8 Å². The van der Waals surface area contributed by atoms with Gasteiger partial charge in [0.1, 0.15) is 12.6 Å². The smallest absolute Gasteiger partial charge is 0.422 e. The molecular formula is C13H12N2O7. The van der Waals surface area contributed by atoms with Crippen LogP contribution in [0.15, 0.2) is 32.2 Å². The number of fused-ring (bicyclic) bond motifs is 1. The van der Waals surface area contributed by atoms with Gasteiger partial charge in [-0.15, -0.1) is 0 Å². The minimum absolute atomic E-state index is 0.0707. The lowest BCUT2D eigenvalue weighted by Crippen LogP contribution is -2.44. The lowest BCUT2D eigenvalue weighted by Gasteiger charge is -2.10. The summed E-state index contributed by atoms with van der Waals surface area (Å²) in [5.41, 5.74) is -1.09. The fourth-order valence-electron chi connectivity index (χ4n) is 1.80. The van der Waals surface area contributed by atoms with E-state index in [0.717, 1.165) is 0 Å². The van der Waals surface area contributed by atoms with Gasteiger partial charge >= 0.3 is 11.7 Å². The van der Waals surface area contributed by atoms with E-state index in [2.05, 4.69) is 5.32 Å². The Hall–Kier alpha value is -3.10. The molecule has 0 spiro atoms. The van der Waals surface area contributed by atoms with E-state index in [1.165, 1.54) is 25.1 Å². The molecule has 1 heterocycles. The quantitative estimate of drug-likeness (QED) is 0.675. The molecular weight excluding hydrogens is 296 g/mol. The molecule has 0 aliphatic rings. The number of rotatable bonds is 4. The standard InChI is InChI=1S/C13H12N2O7/c1-6(12(19)20)14-9(17)5-15-11(18)7-3-2-4-8(16)10(7)22-13(15)21/h2-4,6,16H,5H2,1H3,(H,14,17)(H,19,20). The number of phenolic OH excluding ortho intramolecular Hbond substituents is 1. The highest BCUT2D eigenvalue weighted by Gasteiger charge is 2.18. The molecule has 116 valence electrons. The van der Waals surface area contributed by atoms with E-state index in [1.807, 2.05) is 0 Å². The molecule has 0 fully saturated rings. The summed E-state index contributed by atoms with van der Waals surface area (Å²) < 4.78 is 5.34. The average molecular weight is 308 g/mol. The van der Waals surface area contributed by atoms with Crippen LogP contribution in [0.4, 0.5) is 0 Å². The number of phenols is 1. The van der Waals surface area contributed by atoms with E-state index in [4.69, 9.17) is 9.52 Å². The van der Waals surface area contributed by atoms with Crippen LogP contribution in [0.3, 0.4) is 0 Å². The third-order valence-electron chi connectivity index (χ3n) is 2.93. The molecule has 0 aliphatic heterocycles. The first-order valence-corrected chi connectivity index (χ1v) is 6.19. The van der Waals surface area contributed by atoms with Gasteiger partial charge in [-0.3, -0.25) is 14.4 Å². The average Bonchev–Trinajstić information content (AvgIpc) is 2.44. The van der Waals surface area contributed by atoms with Gasteiger partial charge in [0, 0.05) is 0 Å². The van der Waals surface area contributed by atoms with Gasteiger partial charge in [0.05, 0.1) is 5.39 Å². The monoisotopic (exact) mass is 308 g/mol. The maximum atomic E-state index is 12.2. The number of nitrogens with zero attached hydrogens (tertiary/aromatic N) is 1. The van der Waals surface area contributed by atoms with Crippen LogP contribution in [0.1, 0.15) is 6.92 Å². The van der Waals surface area contributed by atoms with E-state index in [0.29, 0.717) is 4.57 Å². The lowest BCUT2D eigenvalue weighted by atomic mass is 10.2. The first-order valence-electron chi connectivity index (χ1n) is 6.19. The number of carbonyl (C=O) groups excluding carboxylic acids is 1. The minimum atomic E-state index is -1.25. The van der Waals surface area contributed by atoms with Crippen molar-refractivity contribution in [1.82, 2.24) is 9.88 Å². The molecule has 9 nitrogen and oxygen atoms in total. The Labute approximate surface area is 122 Å². The molecule has 22 heavy (non-hydrogen) atoms. The number of carbonyl (C=O) groups is 2. The molecule has 1 aromatic carbocycles. The molecule has 1 unspecified atom stereocenters. The van der Waals surface area contributed by atoms with E-state index < -0.39 is 35.8 Å². The summed E-state index contributed by atoms with van der Waals surface area (Å²) in [5, 5.41) is 20.3. The molecule has 0 radical (unpaired) electrons. The third kappa shape index (κ3) is 2.82. The van der Waals surface area contributed by atoms with Crippen molar-refractivity contribution in [3.63, 3.8) is 0 Å². The highest BCUT2D eigenvalue weighted by atomic mass is 16.4. The second-order valence-electron chi connectivity index (χ2n) is 4.54. The number of hydrogen-bond donors (Lipinski definition) is 3. The van der Waals surface area contributed by atoms with Crippen molar-refractivity contribution in [2.24, 2.45) is 0 Å². The van der Waals surface area contributed by atoms with Crippen LogP contribution in [0.25, 0.3) is 11.0 Å². The normalized spacial score (nSPS) is 12.0. The van der Waals surface area contributed by atoms with Crippen molar-refractivity contribution in [2.75, 3.05) is 0 Å². The van der Waals surface area contributed by atoms with E-state index in [1.54, 1.807) is 0 Å². The summed E-state index contributed by atoms with van der Waals surface area (Å²) in [6.45, 7) is 0.550. The van der Waals surface area contributed by atoms with Crippen molar-refractivity contribution in [3.05, 3.63) is 39.1 Å². The van der Waals surface area contributed by atoms with Gasteiger partial charge < -0.3 is 19.9 Å². The second kappa shape index (κ2) is 5.72. The molecule has 0 saturated carbocycles. The van der Waals surface area contributed by atoms with Gasteiger partial charge in [0.15, 0.2) is 11.3 Å². The molecule has 2 aromatic rings. The first-order chi connectivity index (χ1) is 10.3. The van der Waals surface area contributed by atoms with Crippen LogP contribution in [0.2, 0.25) is 0 Å². The fraction of sp³-hybridized carbons (Fsp3) is 0.231. The van der Waals surface area contributed by atoms with Crippen LogP contribution in [0, 0.1) is 0 Å². The minimum Gasteiger partial charge on any atom is -0.504 e. The van der Waals surface area contributed by atoms with Crippen molar-refractivity contribution in [2.45, 2.75) is 19.5 Å². The van der Waals surface area contributed by atoms with Gasteiger partial charge in [-0.25, -0.2) is 9.36 Å². The van der Waals surface area contributed by atoms with E-state index in [9.17, 15) is 24.3 Å². The molecule has 2 rings (SSSR count). The maximum absolute atomic E-state index is 12.2. The van der Waals surface area contributed by atoms with Crippen molar-refractivity contribution in [1.29, 1.82) is 0 Å². The highest BCUT2D eigenvalue weighted by molar-refractivity contribution is 5.84. The molecule has 1 amide bonds. The largest absolute Gasteiger partial charge is 0.504 e. The Morgan fingerprint density at radius 2 is 2.05 bits per heavy atom. The molecule has 0 bridgehead atoms. The molecule has 9 heteroatoms. The topological polar surface area (TPSA) is 139 Å². The van der Waals surface area contributed by atoms with Crippen LogP contribution >= 0.6 is 0 Å². The van der Waals surface area contributed by atoms with E-state index >= 15 is 0 Å². The number of aromatic nitrogens is 1. The van der Waals surface area contributed by atoms with Crippen molar-refractivity contribution < 1.29 is 24.2 Å². The SMILES string of the molecule is CC(NC(=O)Cn1c(=O)oc2c(O)cccc2c1=O)C(=O)O. The van der Waals surface area contributed by atoms with Gasteiger partial charge in [0.2, 0.25) is 5.91 Å². The Morgan fingerprint density at radius 3 is 2.68 bits per heavy atom. The van der Waals surface area contributed by atoms with Crippen molar-refractivity contribution in [3.8, 4) is 5.75 Å².